The Kier molecular flexibility index (Phi) is 6.96. The first-order valence-corrected chi connectivity index (χ1v) is 17.3. The summed E-state index contributed by atoms with van der Waals surface area (Å²) in [6.45, 7) is 3.34. The van der Waals surface area contributed by atoms with Gasteiger partial charge in [0.2, 0.25) is 11.7 Å². The van der Waals surface area contributed by atoms with Crippen molar-refractivity contribution in [3.63, 3.8) is 0 Å². The van der Waals surface area contributed by atoms with Gasteiger partial charge in [-0.15, -0.1) is 5.10 Å². The molecule has 0 bridgehead atoms. The third kappa shape index (κ3) is 4.88. The van der Waals surface area contributed by atoms with Crippen molar-refractivity contribution >= 4 is 40.5 Å². The minimum Gasteiger partial charge on any atom is -0.504 e. The Morgan fingerprint density at radius 3 is 2.73 bits per heavy atom. The molecular weight excluding hydrogens is 648 g/mol. The van der Waals surface area contributed by atoms with E-state index in [4.69, 9.17) is 26.4 Å². The SMILES string of the molecule is Cc1ncnc(C(=O)N2CCC3(CC2)c2c(n(CC(=O)Nc4ccc(C5CC5)cc4Cl)c4nc(C5=CCOCC5)nn4c2=O)[C@H]2C[C@H]23)c1O. The summed E-state index contributed by atoms with van der Waals surface area (Å²) in [5, 5.41) is 18.7. The Morgan fingerprint density at radius 1 is 1.18 bits per heavy atom. The van der Waals surface area contributed by atoms with Crippen LogP contribution < -0.4 is 10.9 Å². The van der Waals surface area contributed by atoms with Crippen molar-refractivity contribution in [3.8, 4) is 5.75 Å². The van der Waals surface area contributed by atoms with Crippen LogP contribution in [0.15, 0.2) is 35.4 Å². The normalized spacial score (nSPS) is 22.2. The molecule has 3 fully saturated rings. The van der Waals surface area contributed by atoms with Crippen molar-refractivity contribution in [3.05, 3.63) is 80.0 Å². The average molecular weight is 683 g/mol. The number of nitrogens with zero attached hydrogens (tertiary/aromatic N) is 7. The van der Waals surface area contributed by atoms with Gasteiger partial charge in [0, 0.05) is 35.7 Å². The topological polar surface area (TPSA) is 157 Å². The molecule has 252 valence electrons. The minimum atomic E-state index is -0.476. The highest BCUT2D eigenvalue weighted by atomic mass is 35.5. The molecule has 3 aliphatic carbocycles. The zero-order chi connectivity index (χ0) is 33.6. The number of halogens is 1. The zero-order valence-electron chi connectivity index (χ0n) is 27.0. The number of anilines is 1. The van der Waals surface area contributed by atoms with Crippen molar-refractivity contribution in [1.29, 1.82) is 0 Å². The molecule has 1 spiro atoms. The van der Waals surface area contributed by atoms with Gasteiger partial charge in [0.25, 0.3) is 11.5 Å². The summed E-state index contributed by atoms with van der Waals surface area (Å²) in [4.78, 5) is 56.3. The lowest BCUT2D eigenvalue weighted by Crippen LogP contribution is -2.48. The number of likely N-dealkylation sites (tertiary alicyclic amines) is 1. The lowest BCUT2D eigenvalue weighted by atomic mass is 9.71. The molecule has 13 nitrogen and oxygen atoms in total. The number of aryl methyl sites for hydroxylation is 1. The van der Waals surface area contributed by atoms with Crippen LogP contribution in [0.5, 0.6) is 5.75 Å². The number of aromatic nitrogens is 6. The molecular formula is C35H35ClN8O5. The number of hydrogen-bond donors (Lipinski definition) is 2. The van der Waals surface area contributed by atoms with Crippen molar-refractivity contribution in [2.45, 2.75) is 69.2 Å². The van der Waals surface area contributed by atoms with Gasteiger partial charge in [-0.25, -0.2) is 9.97 Å². The number of ether oxygens (including phenoxy) is 1. The third-order valence-corrected chi connectivity index (χ3v) is 11.5. The highest BCUT2D eigenvalue weighted by Crippen LogP contribution is 2.67. The third-order valence-electron chi connectivity index (χ3n) is 11.2. The van der Waals surface area contributed by atoms with Crippen molar-refractivity contribution in [1.82, 2.24) is 34.0 Å². The van der Waals surface area contributed by atoms with Crippen LogP contribution in [0.3, 0.4) is 0 Å². The number of fused-ring (bicyclic) bond motifs is 6. The number of carbonyl (C=O) groups is 2. The number of rotatable bonds is 6. The maximum Gasteiger partial charge on any atom is 0.279 e. The van der Waals surface area contributed by atoms with E-state index < -0.39 is 5.41 Å². The fourth-order valence-corrected chi connectivity index (χ4v) is 8.62. The molecule has 5 aliphatic rings. The number of carbonyl (C=O) groups excluding carboxylic acids is 2. The number of amides is 2. The molecule has 2 N–H and O–H groups in total. The van der Waals surface area contributed by atoms with Gasteiger partial charge in [-0.1, -0.05) is 23.7 Å². The summed E-state index contributed by atoms with van der Waals surface area (Å²) < 4.78 is 8.74. The fourth-order valence-electron chi connectivity index (χ4n) is 8.38. The van der Waals surface area contributed by atoms with Gasteiger partial charge >= 0.3 is 0 Å². The Hall–Kier alpha value is -4.62. The maximum atomic E-state index is 14.5. The van der Waals surface area contributed by atoms with Crippen LogP contribution in [-0.2, 0) is 21.5 Å². The first kappa shape index (κ1) is 30.4. The lowest BCUT2D eigenvalue weighted by Gasteiger charge is -2.41. The largest absolute Gasteiger partial charge is 0.504 e. The molecule has 4 aromatic rings. The van der Waals surface area contributed by atoms with Crippen molar-refractivity contribution in [2.75, 3.05) is 31.6 Å². The van der Waals surface area contributed by atoms with Gasteiger partial charge < -0.3 is 24.6 Å². The Morgan fingerprint density at radius 2 is 2.00 bits per heavy atom. The second-order valence-corrected chi connectivity index (χ2v) is 14.4. The fraction of sp³-hybridized carbons (Fsp3) is 0.457. The molecule has 5 heterocycles. The Bertz CT molecular complexity index is 2160. The van der Waals surface area contributed by atoms with Crippen LogP contribution >= 0.6 is 11.6 Å². The quantitative estimate of drug-likeness (QED) is 0.307. The molecule has 2 aliphatic heterocycles. The number of benzene rings is 1. The average Bonchev–Trinajstić information content (AvgIpc) is 4.04. The molecule has 2 atom stereocenters. The van der Waals surface area contributed by atoms with Crippen LogP contribution in [0.1, 0.15) is 89.2 Å². The van der Waals surface area contributed by atoms with E-state index in [0.29, 0.717) is 85.1 Å². The molecule has 0 unspecified atom stereocenters. The van der Waals surface area contributed by atoms with Gasteiger partial charge in [-0.05, 0) is 80.6 Å². The second kappa shape index (κ2) is 11.2. The summed E-state index contributed by atoms with van der Waals surface area (Å²) in [6.07, 6.45) is 8.17. The monoisotopic (exact) mass is 682 g/mol. The predicted octanol–water partition coefficient (Wildman–Crippen LogP) is 3.96. The van der Waals surface area contributed by atoms with Gasteiger partial charge in [-0.3, -0.25) is 14.4 Å². The van der Waals surface area contributed by atoms with Crippen LogP contribution in [-0.4, -0.2) is 77.3 Å². The molecule has 1 aromatic carbocycles. The highest BCUT2D eigenvalue weighted by Gasteiger charge is 2.64. The van der Waals surface area contributed by atoms with Gasteiger partial charge in [0.1, 0.15) is 12.9 Å². The van der Waals surface area contributed by atoms with E-state index in [1.54, 1.807) is 11.8 Å². The molecule has 49 heavy (non-hydrogen) atoms. The molecule has 0 radical (unpaired) electrons. The number of nitrogens with one attached hydrogen (secondary N) is 1. The zero-order valence-corrected chi connectivity index (χ0v) is 27.7. The van der Waals surface area contributed by atoms with Crippen LogP contribution in [0.25, 0.3) is 11.4 Å². The first-order chi connectivity index (χ1) is 23.7. The molecule has 1 saturated heterocycles. The van der Waals surface area contributed by atoms with Gasteiger partial charge in [-0.2, -0.15) is 9.50 Å². The highest BCUT2D eigenvalue weighted by molar-refractivity contribution is 6.33. The van der Waals surface area contributed by atoms with Crippen LogP contribution in [0, 0.1) is 12.8 Å². The summed E-state index contributed by atoms with van der Waals surface area (Å²) in [5.41, 5.74) is 3.77. The second-order valence-electron chi connectivity index (χ2n) is 14.0. The summed E-state index contributed by atoms with van der Waals surface area (Å²) in [7, 11) is 0. The van der Waals surface area contributed by atoms with E-state index in [1.165, 1.54) is 16.4 Å². The van der Waals surface area contributed by atoms with E-state index in [0.717, 1.165) is 30.5 Å². The maximum absolute atomic E-state index is 14.5. The standard InChI is InChI=1S/C35H35ClN8O5/c1-18-30(46)28(38-17-37-18)33(48)42-10-8-35(9-11-42)23-15-22(23)29-27(35)32(47)44-34(40-31(41-44)20-6-12-49-13-7-20)43(29)16-26(45)39-25-5-4-21(14-24(25)36)19-2-3-19/h4-6,14,17,19,22-23,46H,2-3,7-13,15-16H2,1H3,(H,39,45)/t22-,23+/m0/s1. The molecule has 2 amide bonds. The van der Waals surface area contributed by atoms with Gasteiger partial charge in [0.15, 0.2) is 17.3 Å². The first-order valence-electron chi connectivity index (χ1n) is 16.9. The predicted molar refractivity (Wildman–Crippen MR) is 179 cm³/mol. The minimum absolute atomic E-state index is 0.0190. The summed E-state index contributed by atoms with van der Waals surface area (Å²) >= 11 is 6.61. The van der Waals surface area contributed by atoms with Gasteiger partial charge in [0.05, 0.1) is 29.6 Å². The van der Waals surface area contributed by atoms with Crippen LogP contribution in [0.4, 0.5) is 5.69 Å². The van der Waals surface area contributed by atoms with Crippen molar-refractivity contribution < 1.29 is 19.4 Å². The van der Waals surface area contributed by atoms with E-state index in [2.05, 4.69) is 15.3 Å². The summed E-state index contributed by atoms with van der Waals surface area (Å²) in [5.74, 6) is 0.793. The number of hydrogen-bond acceptors (Lipinski definition) is 9. The van der Waals surface area contributed by atoms with Crippen LogP contribution in [0.2, 0.25) is 5.02 Å². The van der Waals surface area contributed by atoms with E-state index in [9.17, 15) is 19.5 Å². The molecule has 2 saturated carbocycles. The van der Waals surface area contributed by atoms with E-state index >= 15 is 0 Å². The molecule has 14 heteroatoms. The van der Waals surface area contributed by atoms with Crippen molar-refractivity contribution in [2.24, 2.45) is 5.92 Å². The van der Waals surface area contributed by atoms with E-state index in [-0.39, 0.29) is 47.2 Å². The number of aromatic hydroxyl groups is 1. The molecule has 9 rings (SSSR count). The molecule has 3 aromatic heterocycles. The summed E-state index contributed by atoms with van der Waals surface area (Å²) in [6, 6.07) is 5.80. The Balaban J connectivity index is 1.08. The number of piperidine rings is 1. The Labute approximate surface area is 286 Å². The van der Waals surface area contributed by atoms with E-state index in [1.807, 2.05) is 28.8 Å². The smallest absolute Gasteiger partial charge is 0.279 e. The lowest BCUT2D eigenvalue weighted by molar-refractivity contribution is -0.116.